The van der Waals surface area contributed by atoms with Gasteiger partial charge in [-0.2, -0.15) is 0 Å². The third-order valence-electron chi connectivity index (χ3n) is 2.06. The Bertz CT molecular complexity index is 587. The van der Waals surface area contributed by atoms with Crippen molar-refractivity contribution in [2.45, 2.75) is 0 Å². The Morgan fingerprint density at radius 3 is 2.89 bits per heavy atom. The number of amides is 1. The van der Waals surface area contributed by atoms with Gasteiger partial charge in [-0.1, -0.05) is 11.3 Å². The molecule has 0 atom stereocenters. The molecule has 0 saturated carbocycles. The van der Waals surface area contributed by atoms with Gasteiger partial charge in [0.2, 0.25) is 10.1 Å². The molecule has 0 radical (unpaired) electrons. The van der Waals surface area contributed by atoms with E-state index in [0.29, 0.717) is 5.75 Å². The zero-order valence-electron chi connectivity index (χ0n) is 9.31. The van der Waals surface area contributed by atoms with E-state index in [1.54, 1.807) is 0 Å². The van der Waals surface area contributed by atoms with Crippen LogP contribution < -0.4 is 15.8 Å². The van der Waals surface area contributed by atoms with Gasteiger partial charge >= 0.3 is 0 Å². The molecule has 94 valence electrons. The second-order valence-electron chi connectivity index (χ2n) is 3.25. The third kappa shape index (κ3) is 2.54. The van der Waals surface area contributed by atoms with E-state index >= 15 is 0 Å². The van der Waals surface area contributed by atoms with Crippen LogP contribution in [-0.4, -0.2) is 23.2 Å². The standard InChI is InChI=1S/C10H9FN4O2S/c1-17-5-2-3-6(11)7(4-5)13-8(16)9-14-15-10(12)18-9/h2-4H,1H3,(H2,12,15)(H,13,16). The highest BCUT2D eigenvalue weighted by atomic mass is 32.1. The van der Waals surface area contributed by atoms with Gasteiger partial charge in [0, 0.05) is 6.07 Å². The number of benzene rings is 1. The van der Waals surface area contributed by atoms with Gasteiger partial charge in [0.25, 0.3) is 5.91 Å². The summed E-state index contributed by atoms with van der Waals surface area (Å²) in [5.74, 6) is -0.707. The molecule has 1 aromatic carbocycles. The Kier molecular flexibility index (Phi) is 3.38. The van der Waals surface area contributed by atoms with Crippen molar-refractivity contribution < 1.29 is 13.9 Å². The van der Waals surface area contributed by atoms with Crippen molar-refractivity contribution in [1.82, 2.24) is 10.2 Å². The molecule has 2 aromatic rings. The first-order valence-corrected chi connectivity index (χ1v) is 5.65. The summed E-state index contributed by atoms with van der Waals surface area (Å²) in [6.45, 7) is 0. The van der Waals surface area contributed by atoms with E-state index in [1.807, 2.05) is 0 Å². The predicted molar refractivity (Wildman–Crippen MR) is 65.2 cm³/mol. The lowest BCUT2D eigenvalue weighted by Crippen LogP contribution is -2.12. The van der Waals surface area contributed by atoms with Crippen LogP contribution in [0.3, 0.4) is 0 Å². The number of rotatable bonds is 3. The van der Waals surface area contributed by atoms with Crippen LogP contribution in [0.2, 0.25) is 0 Å². The van der Waals surface area contributed by atoms with Crippen LogP contribution in [0.15, 0.2) is 18.2 Å². The number of hydrogen-bond donors (Lipinski definition) is 2. The van der Waals surface area contributed by atoms with Crippen molar-refractivity contribution in [3.8, 4) is 5.75 Å². The first-order valence-electron chi connectivity index (χ1n) is 4.84. The van der Waals surface area contributed by atoms with Crippen LogP contribution >= 0.6 is 11.3 Å². The molecule has 0 unspecified atom stereocenters. The summed E-state index contributed by atoms with van der Waals surface area (Å²) >= 11 is 0.921. The minimum absolute atomic E-state index is 0.00752. The first kappa shape index (κ1) is 12.2. The van der Waals surface area contributed by atoms with Gasteiger partial charge in [-0.25, -0.2) is 4.39 Å². The average Bonchev–Trinajstić information content (AvgIpc) is 2.79. The molecule has 8 heteroatoms. The molecular weight excluding hydrogens is 259 g/mol. The highest BCUT2D eigenvalue weighted by Gasteiger charge is 2.14. The molecule has 0 aliphatic rings. The molecular formula is C10H9FN4O2S. The number of hydrogen-bond acceptors (Lipinski definition) is 6. The summed E-state index contributed by atoms with van der Waals surface area (Å²) in [7, 11) is 1.45. The number of nitrogens with zero attached hydrogens (tertiary/aromatic N) is 2. The van der Waals surface area contributed by atoms with Crippen LogP contribution in [0.4, 0.5) is 15.2 Å². The maximum atomic E-state index is 13.5. The molecule has 0 fully saturated rings. The topological polar surface area (TPSA) is 90.1 Å². The fraction of sp³-hybridized carbons (Fsp3) is 0.100. The highest BCUT2D eigenvalue weighted by molar-refractivity contribution is 7.16. The van der Waals surface area contributed by atoms with Gasteiger partial charge in [0.1, 0.15) is 11.6 Å². The highest BCUT2D eigenvalue weighted by Crippen LogP contribution is 2.22. The fourth-order valence-corrected chi connectivity index (χ4v) is 1.73. The number of ether oxygens (including phenoxy) is 1. The van der Waals surface area contributed by atoms with E-state index in [4.69, 9.17) is 10.5 Å². The second kappa shape index (κ2) is 4.96. The molecule has 6 nitrogen and oxygen atoms in total. The van der Waals surface area contributed by atoms with Crippen LogP contribution in [0.25, 0.3) is 0 Å². The molecule has 0 aliphatic heterocycles. The van der Waals surface area contributed by atoms with E-state index in [0.717, 1.165) is 11.3 Å². The Morgan fingerprint density at radius 1 is 1.50 bits per heavy atom. The summed E-state index contributed by atoms with van der Waals surface area (Å²) in [5, 5.41) is 9.67. The van der Waals surface area contributed by atoms with Crippen LogP contribution in [0.5, 0.6) is 5.75 Å². The molecule has 18 heavy (non-hydrogen) atoms. The lowest BCUT2D eigenvalue weighted by Gasteiger charge is -2.06. The van der Waals surface area contributed by atoms with Crippen LogP contribution in [0.1, 0.15) is 9.80 Å². The molecule has 1 heterocycles. The zero-order chi connectivity index (χ0) is 13.1. The van der Waals surface area contributed by atoms with Crippen molar-refractivity contribution in [2.75, 3.05) is 18.2 Å². The predicted octanol–water partition coefficient (Wildman–Crippen LogP) is 1.52. The van der Waals surface area contributed by atoms with Gasteiger partial charge in [-0.15, -0.1) is 10.2 Å². The monoisotopic (exact) mass is 268 g/mol. The summed E-state index contributed by atoms with van der Waals surface area (Å²) in [6, 6.07) is 4.02. The van der Waals surface area contributed by atoms with Crippen LogP contribution in [0, 0.1) is 5.82 Å². The number of nitrogens with one attached hydrogen (secondary N) is 1. The molecule has 0 aliphatic carbocycles. The first-order chi connectivity index (χ1) is 8.60. The number of nitrogen functional groups attached to an aromatic ring is 1. The van der Waals surface area contributed by atoms with E-state index < -0.39 is 11.7 Å². The minimum atomic E-state index is -0.573. The third-order valence-corrected chi connectivity index (χ3v) is 2.81. The fourth-order valence-electron chi connectivity index (χ4n) is 1.23. The Labute approximate surface area is 106 Å². The molecule has 1 amide bonds. The smallest absolute Gasteiger partial charge is 0.286 e. The molecule has 0 spiro atoms. The SMILES string of the molecule is COc1ccc(F)c(NC(=O)c2nnc(N)s2)c1. The van der Waals surface area contributed by atoms with Crippen molar-refractivity contribution in [1.29, 1.82) is 0 Å². The van der Waals surface area contributed by atoms with Crippen molar-refractivity contribution >= 4 is 28.1 Å². The Hall–Kier alpha value is -2.22. The summed E-state index contributed by atoms with van der Waals surface area (Å²) in [4.78, 5) is 11.7. The number of carbonyl (C=O) groups is 1. The maximum absolute atomic E-state index is 13.5. The summed E-state index contributed by atoms with van der Waals surface area (Å²) < 4.78 is 18.4. The summed E-state index contributed by atoms with van der Waals surface area (Å²) in [6.07, 6.45) is 0. The normalized spacial score (nSPS) is 10.1. The lowest BCUT2D eigenvalue weighted by atomic mass is 10.3. The minimum Gasteiger partial charge on any atom is -0.497 e. The number of nitrogens with two attached hydrogens (primary N) is 1. The van der Waals surface area contributed by atoms with Gasteiger partial charge < -0.3 is 15.8 Å². The van der Waals surface area contributed by atoms with Gasteiger partial charge in [-0.3, -0.25) is 4.79 Å². The van der Waals surface area contributed by atoms with Crippen molar-refractivity contribution in [2.24, 2.45) is 0 Å². The molecule has 0 bridgehead atoms. The molecule has 3 N–H and O–H groups in total. The van der Waals surface area contributed by atoms with E-state index in [1.165, 1.54) is 25.3 Å². The largest absolute Gasteiger partial charge is 0.497 e. The lowest BCUT2D eigenvalue weighted by molar-refractivity contribution is 0.102. The number of halogens is 1. The number of aromatic nitrogens is 2. The maximum Gasteiger partial charge on any atom is 0.286 e. The second-order valence-corrected chi connectivity index (χ2v) is 4.25. The van der Waals surface area contributed by atoms with E-state index in [-0.39, 0.29) is 15.8 Å². The number of anilines is 2. The number of methoxy groups -OCH3 is 1. The van der Waals surface area contributed by atoms with Crippen molar-refractivity contribution in [3.05, 3.63) is 29.0 Å². The quantitative estimate of drug-likeness (QED) is 0.880. The van der Waals surface area contributed by atoms with Crippen LogP contribution in [-0.2, 0) is 0 Å². The Morgan fingerprint density at radius 2 is 2.28 bits per heavy atom. The van der Waals surface area contributed by atoms with Gasteiger partial charge in [-0.05, 0) is 12.1 Å². The molecule has 0 saturated heterocycles. The average molecular weight is 268 g/mol. The summed E-state index contributed by atoms with van der Waals surface area (Å²) in [5.41, 5.74) is 5.36. The van der Waals surface area contributed by atoms with Crippen molar-refractivity contribution in [3.63, 3.8) is 0 Å². The molecule has 1 aromatic heterocycles. The zero-order valence-corrected chi connectivity index (χ0v) is 10.1. The Balaban J connectivity index is 2.21. The number of carbonyl (C=O) groups excluding carboxylic acids is 1. The molecule has 2 rings (SSSR count). The van der Waals surface area contributed by atoms with Gasteiger partial charge in [0.05, 0.1) is 12.8 Å². The van der Waals surface area contributed by atoms with E-state index in [9.17, 15) is 9.18 Å². The van der Waals surface area contributed by atoms with Gasteiger partial charge in [0.15, 0.2) is 0 Å². The van der Waals surface area contributed by atoms with E-state index in [2.05, 4.69) is 15.5 Å².